The summed E-state index contributed by atoms with van der Waals surface area (Å²) in [4.78, 5) is 12.7. The molecule has 1 atom stereocenters. The van der Waals surface area contributed by atoms with Crippen LogP contribution in [0.2, 0.25) is 0 Å². The molecule has 0 saturated heterocycles. The number of carbonyl (C=O) groups is 1. The zero-order chi connectivity index (χ0) is 15.9. The molecule has 0 aliphatic rings. The van der Waals surface area contributed by atoms with Gasteiger partial charge in [-0.1, -0.05) is 37.3 Å². The summed E-state index contributed by atoms with van der Waals surface area (Å²) in [6, 6.07) is 14.8. The molecule has 2 amide bonds. The number of hydrogen-bond acceptors (Lipinski definition) is 2. The van der Waals surface area contributed by atoms with Crippen molar-refractivity contribution in [1.82, 2.24) is 5.32 Å². The molecule has 0 radical (unpaired) electrons. The predicted octanol–water partition coefficient (Wildman–Crippen LogP) is 3.31. The van der Waals surface area contributed by atoms with Gasteiger partial charge in [-0.25, -0.2) is 4.79 Å². The zero-order valence-electron chi connectivity index (χ0n) is 12.8. The number of benzene rings is 2. The van der Waals surface area contributed by atoms with E-state index < -0.39 is 10.8 Å². The Bertz CT molecular complexity index is 686. The quantitative estimate of drug-likeness (QED) is 0.889. The molecule has 2 aromatic carbocycles. The van der Waals surface area contributed by atoms with E-state index in [-0.39, 0.29) is 6.03 Å². The summed E-state index contributed by atoms with van der Waals surface area (Å²) in [6.07, 6.45) is 2.55. The summed E-state index contributed by atoms with van der Waals surface area (Å²) in [5, 5.41) is 5.61. The molecule has 0 spiro atoms. The Balaban J connectivity index is 1.96. The van der Waals surface area contributed by atoms with E-state index in [1.165, 1.54) is 5.56 Å². The number of anilines is 1. The summed E-state index contributed by atoms with van der Waals surface area (Å²) in [7, 11) is -1.06. The van der Waals surface area contributed by atoms with Crippen LogP contribution in [0.5, 0.6) is 0 Å². The first-order valence-electron chi connectivity index (χ1n) is 7.15. The summed E-state index contributed by atoms with van der Waals surface area (Å²) in [6.45, 7) is 2.57. The maximum absolute atomic E-state index is 12.0. The minimum Gasteiger partial charge on any atom is -0.334 e. The van der Waals surface area contributed by atoms with E-state index in [9.17, 15) is 9.00 Å². The van der Waals surface area contributed by atoms with Crippen LogP contribution in [0.25, 0.3) is 0 Å². The largest absolute Gasteiger partial charge is 0.334 e. The van der Waals surface area contributed by atoms with Crippen molar-refractivity contribution >= 4 is 22.5 Å². The SMILES string of the molecule is CCc1ccccc1CNC(=O)Nc1cccc([S@](C)=O)c1. The number of amides is 2. The molecule has 116 valence electrons. The predicted molar refractivity (Wildman–Crippen MR) is 90.5 cm³/mol. The molecule has 0 heterocycles. The fraction of sp³-hybridized carbons (Fsp3) is 0.235. The van der Waals surface area contributed by atoms with Crippen molar-refractivity contribution in [1.29, 1.82) is 0 Å². The van der Waals surface area contributed by atoms with E-state index in [0.29, 0.717) is 17.1 Å². The van der Waals surface area contributed by atoms with E-state index in [0.717, 1.165) is 12.0 Å². The molecule has 22 heavy (non-hydrogen) atoms. The number of hydrogen-bond donors (Lipinski definition) is 2. The highest BCUT2D eigenvalue weighted by atomic mass is 32.2. The van der Waals surface area contributed by atoms with Crippen molar-refractivity contribution in [3.63, 3.8) is 0 Å². The van der Waals surface area contributed by atoms with Gasteiger partial charge in [-0.2, -0.15) is 0 Å². The van der Waals surface area contributed by atoms with Crippen LogP contribution in [0.3, 0.4) is 0 Å². The molecule has 5 heteroatoms. The van der Waals surface area contributed by atoms with Gasteiger partial charge < -0.3 is 10.6 Å². The molecule has 2 rings (SSSR count). The van der Waals surface area contributed by atoms with E-state index >= 15 is 0 Å². The summed E-state index contributed by atoms with van der Waals surface area (Å²) in [5.41, 5.74) is 2.98. The van der Waals surface area contributed by atoms with Crippen LogP contribution < -0.4 is 10.6 Å². The lowest BCUT2D eigenvalue weighted by atomic mass is 10.1. The van der Waals surface area contributed by atoms with Crippen LogP contribution in [0.1, 0.15) is 18.1 Å². The van der Waals surface area contributed by atoms with Gasteiger partial charge in [-0.05, 0) is 35.7 Å². The zero-order valence-corrected chi connectivity index (χ0v) is 13.6. The molecule has 0 bridgehead atoms. The third kappa shape index (κ3) is 4.43. The van der Waals surface area contributed by atoms with Gasteiger partial charge in [0.1, 0.15) is 0 Å². The maximum Gasteiger partial charge on any atom is 0.319 e. The fourth-order valence-electron chi connectivity index (χ4n) is 2.18. The minimum absolute atomic E-state index is 0.273. The Hall–Kier alpha value is -2.14. The summed E-state index contributed by atoms with van der Waals surface area (Å²) in [5.74, 6) is 0. The van der Waals surface area contributed by atoms with Crippen LogP contribution in [0, 0.1) is 0 Å². The highest BCUT2D eigenvalue weighted by Gasteiger charge is 2.05. The standard InChI is InChI=1S/C17H20N2O2S/c1-3-13-7-4-5-8-14(13)12-18-17(20)19-15-9-6-10-16(11-15)22(2)21/h4-11H,3,12H2,1-2H3,(H2,18,19,20)/t22-/m0/s1. The summed E-state index contributed by atoms with van der Waals surface area (Å²) >= 11 is 0. The van der Waals surface area contributed by atoms with E-state index in [1.54, 1.807) is 30.5 Å². The summed E-state index contributed by atoms with van der Waals surface area (Å²) < 4.78 is 11.4. The number of aryl methyl sites for hydroxylation is 1. The number of carbonyl (C=O) groups excluding carboxylic acids is 1. The second-order valence-corrected chi connectivity index (χ2v) is 6.29. The molecular formula is C17H20N2O2S. The normalized spacial score (nSPS) is 11.7. The average Bonchev–Trinajstić information content (AvgIpc) is 2.53. The second kappa shape index (κ2) is 7.75. The number of nitrogens with one attached hydrogen (secondary N) is 2. The number of rotatable bonds is 5. The van der Waals surface area contributed by atoms with Crippen LogP contribution in [-0.4, -0.2) is 16.5 Å². The van der Waals surface area contributed by atoms with Gasteiger partial charge in [0.2, 0.25) is 0 Å². The van der Waals surface area contributed by atoms with Gasteiger partial charge in [0.15, 0.2) is 0 Å². The van der Waals surface area contributed by atoms with Crippen molar-refractivity contribution in [3.8, 4) is 0 Å². The topological polar surface area (TPSA) is 58.2 Å². The Morgan fingerprint density at radius 1 is 1.09 bits per heavy atom. The Morgan fingerprint density at radius 3 is 2.50 bits per heavy atom. The molecular weight excluding hydrogens is 296 g/mol. The smallest absolute Gasteiger partial charge is 0.319 e. The van der Waals surface area contributed by atoms with E-state index in [1.807, 2.05) is 18.2 Å². The van der Waals surface area contributed by atoms with Crippen molar-refractivity contribution in [2.45, 2.75) is 24.8 Å². The minimum atomic E-state index is -1.06. The number of urea groups is 1. The second-order valence-electron chi connectivity index (χ2n) is 4.91. The van der Waals surface area contributed by atoms with Gasteiger partial charge in [0.25, 0.3) is 0 Å². The Kier molecular flexibility index (Phi) is 5.72. The monoisotopic (exact) mass is 316 g/mol. The first-order chi connectivity index (χ1) is 10.6. The lowest BCUT2D eigenvalue weighted by Crippen LogP contribution is -2.28. The van der Waals surface area contributed by atoms with Crippen LogP contribution in [0.15, 0.2) is 53.4 Å². The van der Waals surface area contributed by atoms with Gasteiger partial charge in [0, 0.05) is 34.2 Å². The lowest BCUT2D eigenvalue weighted by molar-refractivity contribution is 0.251. The van der Waals surface area contributed by atoms with Crippen LogP contribution >= 0.6 is 0 Å². The molecule has 0 saturated carbocycles. The third-order valence-corrected chi connectivity index (χ3v) is 4.28. The lowest BCUT2D eigenvalue weighted by Gasteiger charge is -2.11. The highest BCUT2D eigenvalue weighted by molar-refractivity contribution is 7.84. The van der Waals surface area contributed by atoms with Gasteiger partial charge in [-0.15, -0.1) is 0 Å². The van der Waals surface area contributed by atoms with Crippen molar-refractivity contribution in [2.24, 2.45) is 0 Å². The van der Waals surface area contributed by atoms with Gasteiger partial charge in [-0.3, -0.25) is 4.21 Å². The van der Waals surface area contributed by atoms with Gasteiger partial charge in [0.05, 0.1) is 0 Å². The van der Waals surface area contributed by atoms with E-state index in [2.05, 4.69) is 23.6 Å². The van der Waals surface area contributed by atoms with Crippen LogP contribution in [-0.2, 0) is 23.8 Å². The first kappa shape index (κ1) is 16.2. The van der Waals surface area contributed by atoms with Gasteiger partial charge >= 0.3 is 6.03 Å². The van der Waals surface area contributed by atoms with Crippen molar-refractivity contribution in [3.05, 3.63) is 59.7 Å². The molecule has 0 unspecified atom stereocenters. The van der Waals surface area contributed by atoms with E-state index in [4.69, 9.17) is 0 Å². The average molecular weight is 316 g/mol. The molecule has 0 aromatic heterocycles. The molecule has 2 N–H and O–H groups in total. The van der Waals surface area contributed by atoms with Crippen molar-refractivity contribution in [2.75, 3.05) is 11.6 Å². The molecule has 4 nitrogen and oxygen atoms in total. The molecule has 0 aliphatic heterocycles. The maximum atomic E-state index is 12.0. The fourth-order valence-corrected chi connectivity index (χ4v) is 2.74. The highest BCUT2D eigenvalue weighted by Crippen LogP contribution is 2.13. The first-order valence-corrected chi connectivity index (χ1v) is 8.71. The molecule has 2 aromatic rings. The molecule has 0 aliphatic carbocycles. The molecule has 0 fully saturated rings. The Morgan fingerprint density at radius 2 is 1.82 bits per heavy atom. The Labute approximate surface area is 133 Å². The van der Waals surface area contributed by atoms with Crippen molar-refractivity contribution < 1.29 is 9.00 Å². The third-order valence-electron chi connectivity index (χ3n) is 3.36. The van der Waals surface area contributed by atoms with Crippen LogP contribution in [0.4, 0.5) is 10.5 Å².